The molecule has 1 fully saturated rings. The van der Waals surface area contributed by atoms with Gasteiger partial charge >= 0.3 is 0 Å². The zero-order chi connectivity index (χ0) is 12.8. The van der Waals surface area contributed by atoms with Crippen molar-refractivity contribution in [2.24, 2.45) is 0 Å². The molecular formula is C12H25NO2S2. The number of hydrogen-bond acceptors (Lipinski definition) is 4. The molecule has 0 radical (unpaired) electrons. The smallest absolute Gasteiger partial charge is 0.151 e. The summed E-state index contributed by atoms with van der Waals surface area (Å²) in [5, 5.41) is 3.34. The number of rotatable bonds is 7. The molecular weight excluding hydrogens is 254 g/mol. The first-order valence-electron chi connectivity index (χ1n) is 6.50. The van der Waals surface area contributed by atoms with E-state index in [1.807, 2.05) is 11.8 Å². The Bertz CT molecular complexity index is 308. The maximum atomic E-state index is 11.4. The summed E-state index contributed by atoms with van der Waals surface area (Å²) in [5.74, 6) is 0.524. The van der Waals surface area contributed by atoms with Gasteiger partial charge in [-0.25, -0.2) is 8.42 Å². The molecule has 1 aliphatic rings. The van der Waals surface area contributed by atoms with Crippen LogP contribution < -0.4 is 5.32 Å². The molecule has 0 aromatic carbocycles. The summed E-state index contributed by atoms with van der Waals surface area (Å²) in [5.41, 5.74) is 0. The molecule has 1 saturated carbocycles. The Morgan fingerprint density at radius 2 is 1.88 bits per heavy atom. The summed E-state index contributed by atoms with van der Waals surface area (Å²) in [4.78, 5) is 0. The summed E-state index contributed by atoms with van der Waals surface area (Å²) < 4.78 is 23.1. The van der Waals surface area contributed by atoms with Gasteiger partial charge in [0.2, 0.25) is 0 Å². The van der Waals surface area contributed by atoms with Crippen LogP contribution in [0.3, 0.4) is 0 Å². The van der Waals surface area contributed by atoms with Crippen molar-refractivity contribution in [3.05, 3.63) is 0 Å². The Morgan fingerprint density at radius 3 is 2.41 bits per heavy atom. The molecule has 0 spiro atoms. The fourth-order valence-corrected chi connectivity index (χ4v) is 4.02. The van der Waals surface area contributed by atoms with E-state index in [1.54, 1.807) is 6.92 Å². The van der Waals surface area contributed by atoms with E-state index >= 15 is 0 Å². The lowest BCUT2D eigenvalue weighted by Crippen LogP contribution is -2.40. The minimum Gasteiger partial charge on any atom is -0.314 e. The third-order valence-corrected chi connectivity index (χ3v) is 6.80. The van der Waals surface area contributed by atoms with E-state index < -0.39 is 9.84 Å². The first-order valence-corrected chi connectivity index (χ1v) is 9.54. The first-order chi connectivity index (χ1) is 8.04. The fourth-order valence-electron chi connectivity index (χ4n) is 2.34. The molecule has 1 aliphatic carbocycles. The van der Waals surface area contributed by atoms with Crippen molar-refractivity contribution in [1.82, 2.24) is 5.32 Å². The SMILES string of the molecule is CCS(=O)(=O)CCNCC1(SC)CCCCC1. The van der Waals surface area contributed by atoms with Gasteiger partial charge in [0.05, 0.1) is 5.75 Å². The molecule has 5 heteroatoms. The first kappa shape index (κ1) is 15.3. The summed E-state index contributed by atoms with van der Waals surface area (Å²) in [6.45, 7) is 3.26. The van der Waals surface area contributed by atoms with Gasteiger partial charge in [0.15, 0.2) is 9.84 Å². The van der Waals surface area contributed by atoms with E-state index in [-0.39, 0.29) is 11.5 Å². The summed E-state index contributed by atoms with van der Waals surface area (Å²) in [6, 6.07) is 0. The monoisotopic (exact) mass is 279 g/mol. The second-order valence-corrected chi connectivity index (χ2v) is 8.61. The van der Waals surface area contributed by atoms with Crippen molar-refractivity contribution in [1.29, 1.82) is 0 Å². The van der Waals surface area contributed by atoms with Gasteiger partial charge in [-0.2, -0.15) is 11.8 Å². The van der Waals surface area contributed by atoms with Crippen molar-refractivity contribution < 1.29 is 8.42 Å². The zero-order valence-electron chi connectivity index (χ0n) is 11.0. The highest BCUT2D eigenvalue weighted by Crippen LogP contribution is 2.37. The second-order valence-electron chi connectivity index (χ2n) is 4.86. The van der Waals surface area contributed by atoms with Gasteiger partial charge < -0.3 is 5.32 Å². The quantitative estimate of drug-likeness (QED) is 0.725. The molecule has 1 rings (SSSR count). The molecule has 1 N–H and O–H groups in total. The van der Waals surface area contributed by atoms with Crippen LogP contribution in [-0.4, -0.2) is 44.0 Å². The van der Waals surface area contributed by atoms with E-state index in [1.165, 1.54) is 32.1 Å². The third-order valence-electron chi connectivity index (χ3n) is 3.67. The van der Waals surface area contributed by atoms with E-state index in [4.69, 9.17) is 0 Å². The average Bonchev–Trinajstić information content (AvgIpc) is 2.36. The highest BCUT2D eigenvalue weighted by Gasteiger charge is 2.30. The van der Waals surface area contributed by atoms with Crippen molar-refractivity contribution in [3.63, 3.8) is 0 Å². The van der Waals surface area contributed by atoms with Crippen molar-refractivity contribution in [2.45, 2.75) is 43.8 Å². The summed E-state index contributed by atoms with van der Waals surface area (Å²) in [6.07, 6.45) is 8.69. The third kappa shape index (κ3) is 5.18. The average molecular weight is 279 g/mol. The van der Waals surface area contributed by atoms with Crippen LogP contribution in [-0.2, 0) is 9.84 Å². The lowest BCUT2D eigenvalue weighted by Gasteiger charge is -2.36. The van der Waals surface area contributed by atoms with Crippen molar-refractivity contribution in [3.8, 4) is 0 Å². The van der Waals surface area contributed by atoms with Gasteiger partial charge in [0.25, 0.3) is 0 Å². The maximum Gasteiger partial charge on any atom is 0.151 e. The highest BCUT2D eigenvalue weighted by molar-refractivity contribution is 8.00. The largest absolute Gasteiger partial charge is 0.314 e. The summed E-state index contributed by atoms with van der Waals surface area (Å²) in [7, 11) is -2.82. The van der Waals surface area contributed by atoms with Crippen molar-refractivity contribution >= 4 is 21.6 Å². The van der Waals surface area contributed by atoms with Crippen LogP contribution in [0.2, 0.25) is 0 Å². The molecule has 0 aromatic rings. The zero-order valence-corrected chi connectivity index (χ0v) is 12.6. The lowest BCUT2D eigenvalue weighted by molar-refractivity contribution is 0.382. The van der Waals surface area contributed by atoms with Crippen LogP contribution in [0.5, 0.6) is 0 Å². The fraction of sp³-hybridized carbons (Fsp3) is 1.00. The van der Waals surface area contributed by atoms with E-state index in [0.717, 1.165) is 6.54 Å². The van der Waals surface area contributed by atoms with Gasteiger partial charge in [0.1, 0.15) is 0 Å². The highest BCUT2D eigenvalue weighted by atomic mass is 32.2. The Labute approximate surface area is 110 Å². The molecule has 0 bridgehead atoms. The summed E-state index contributed by atoms with van der Waals surface area (Å²) >= 11 is 1.94. The predicted molar refractivity (Wildman–Crippen MR) is 76.5 cm³/mol. The number of sulfone groups is 1. The minimum atomic E-state index is -2.82. The van der Waals surface area contributed by atoms with E-state index in [2.05, 4.69) is 11.6 Å². The Morgan fingerprint density at radius 1 is 1.24 bits per heavy atom. The lowest BCUT2D eigenvalue weighted by atomic mass is 9.88. The predicted octanol–water partition coefficient (Wildman–Crippen LogP) is 2.08. The standard InChI is InChI=1S/C12H25NO2S2/c1-3-17(14,15)10-9-13-11-12(16-2)7-5-4-6-8-12/h13H,3-11H2,1-2H3. The molecule has 3 nitrogen and oxygen atoms in total. The molecule has 102 valence electrons. The molecule has 0 amide bonds. The van der Waals surface area contributed by atoms with Crippen LogP contribution in [0.25, 0.3) is 0 Å². The second kappa shape index (κ2) is 7.00. The number of thioether (sulfide) groups is 1. The Balaban J connectivity index is 2.29. The van der Waals surface area contributed by atoms with Gasteiger partial charge in [-0.1, -0.05) is 26.2 Å². The van der Waals surface area contributed by atoms with Gasteiger partial charge in [-0.05, 0) is 19.1 Å². The van der Waals surface area contributed by atoms with E-state index in [9.17, 15) is 8.42 Å². The molecule has 0 unspecified atom stereocenters. The van der Waals surface area contributed by atoms with Gasteiger partial charge in [-0.15, -0.1) is 0 Å². The maximum absolute atomic E-state index is 11.4. The van der Waals surface area contributed by atoms with Crippen LogP contribution in [0.4, 0.5) is 0 Å². The number of hydrogen-bond donors (Lipinski definition) is 1. The molecule has 0 saturated heterocycles. The van der Waals surface area contributed by atoms with Crippen LogP contribution >= 0.6 is 11.8 Å². The van der Waals surface area contributed by atoms with E-state index in [0.29, 0.717) is 11.3 Å². The molecule has 17 heavy (non-hydrogen) atoms. The minimum absolute atomic E-state index is 0.252. The van der Waals surface area contributed by atoms with Crippen molar-refractivity contribution in [2.75, 3.05) is 30.9 Å². The Hall–Kier alpha value is 0.260. The Kier molecular flexibility index (Phi) is 6.31. The van der Waals surface area contributed by atoms with Crippen LogP contribution in [0.1, 0.15) is 39.0 Å². The number of nitrogens with one attached hydrogen (secondary N) is 1. The molecule has 0 aliphatic heterocycles. The molecule has 0 atom stereocenters. The van der Waals surface area contributed by atoms with Gasteiger partial charge in [-0.3, -0.25) is 0 Å². The van der Waals surface area contributed by atoms with Gasteiger partial charge in [0, 0.05) is 23.6 Å². The van der Waals surface area contributed by atoms with Crippen LogP contribution in [0, 0.1) is 0 Å². The molecule has 0 heterocycles. The molecule has 0 aromatic heterocycles. The topological polar surface area (TPSA) is 46.2 Å². The van der Waals surface area contributed by atoms with Crippen LogP contribution in [0.15, 0.2) is 0 Å². The normalized spacial score (nSPS) is 20.4.